The average molecular weight is 430 g/mol. The van der Waals surface area contributed by atoms with Crippen LogP contribution >= 0.6 is 0 Å². The number of esters is 1. The maximum Gasteiger partial charge on any atom is 0.343 e. The number of hydrogen-bond acceptors (Lipinski definition) is 6. The highest BCUT2D eigenvalue weighted by Gasteiger charge is 2.40. The van der Waals surface area contributed by atoms with Crippen molar-refractivity contribution in [2.75, 3.05) is 13.7 Å². The van der Waals surface area contributed by atoms with Gasteiger partial charge in [-0.1, -0.05) is 12.8 Å². The molecule has 2 amide bonds. The Morgan fingerprint density at radius 1 is 1.21 bits per heavy atom. The van der Waals surface area contributed by atoms with Crippen molar-refractivity contribution < 1.29 is 36.3 Å². The predicted octanol–water partition coefficient (Wildman–Crippen LogP) is 1.35. The normalized spacial score (nSPS) is 20.2. The summed E-state index contributed by atoms with van der Waals surface area (Å²) in [6, 6.07) is 1.25. The third-order valence-electron chi connectivity index (χ3n) is 5.26. The number of hydrogen-bond donors (Lipinski definition) is 1. The van der Waals surface area contributed by atoms with Crippen LogP contribution in [-0.2, 0) is 24.3 Å². The SMILES string of the molecule is COC(=O)c1c(F)ccc(S(=O)(=O)NC(=O)[C@@H]2CC(=O)N(C3CCCC3)C2)c1F. The zero-order valence-electron chi connectivity index (χ0n) is 15.6. The van der Waals surface area contributed by atoms with Gasteiger partial charge in [-0.05, 0) is 25.0 Å². The van der Waals surface area contributed by atoms with Crippen molar-refractivity contribution in [2.45, 2.75) is 43.0 Å². The van der Waals surface area contributed by atoms with Crippen molar-refractivity contribution in [3.05, 3.63) is 29.3 Å². The van der Waals surface area contributed by atoms with Crippen LogP contribution in [0.5, 0.6) is 0 Å². The highest BCUT2D eigenvalue weighted by Crippen LogP contribution is 2.30. The minimum atomic E-state index is -4.74. The van der Waals surface area contributed by atoms with Crippen LogP contribution in [0.4, 0.5) is 8.78 Å². The van der Waals surface area contributed by atoms with Gasteiger partial charge < -0.3 is 9.64 Å². The lowest BCUT2D eigenvalue weighted by Crippen LogP contribution is -2.39. The predicted molar refractivity (Wildman–Crippen MR) is 95.1 cm³/mol. The molecule has 2 fully saturated rings. The topological polar surface area (TPSA) is 110 Å². The second-order valence-corrected chi connectivity index (χ2v) is 8.73. The Morgan fingerprint density at radius 3 is 2.48 bits per heavy atom. The van der Waals surface area contributed by atoms with Crippen molar-refractivity contribution in [3.63, 3.8) is 0 Å². The van der Waals surface area contributed by atoms with Gasteiger partial charge in [0.25, 0.3) is 10.0 Å². The van der Waals surface area contributed by atoms with Crippen LogP contribution in [0, 0.1) is 17.6 Å². The molecule has 29 heavy (non-hydrogen) atoms. The summed E-state index contributed by atoms with van der Waals surface area (Å²) in [5.41, 5.74) is -1.17. The van der Waals surface area contributed by atoms with Gasteiger partial charge in [0.2, 0.25) is 11.8 Å². The number of nitrogens with one attached hydrogen (secondary N) is 1. The monoisotopic (exact) mass is 430 g/mol. The van der Waals surface area contributed by atoms with Crippen molar-refractivity contribution >= 4 is 27.8 Å². The summed E-state index contributed by atoms with van der Waals surface area (Å²) in [6.07, 6.45) is 3.53. The number of sulfonamides is 1. The van der Waals surface area contributed by atoms with Crippen LogP contribution in [0.15, 0.2) is 17.0 Å². The van der Waals surface area contributed by atoms with E-state index in [9.17, 15) is 31.6 Å². The molecule has 1 aliphatic carbocycles. The van der Waals surface area contributed by atoms with E-state index in [0.717, 1.165) is 32.8 Å². The molecule has 1 heterocycles. The molecular formula is C18H20F2N2O6S. The minimum absolute atomic E-state index is 0.0501. The lowest BCUT2D eigenvalue weighted by atomic mass is 10.1. The Morgan fingerprint density at radius 2 is 1.86 bits per heavy atom. The lowest BCUT2D eigenvalue weighted by Gasteiger charge is -2.23. The van der Waals surface area contributed by atoms with Crippen LogP contribution < -0.4 is 4.72 Å². The Bertz CT molecular complexity index is 959. The zero-order chi connectivity index (χ0) is 21.3. The van der Waals surface area contributed by atoms with E-state index < -0.39 is 49.9 Å². The Labute approximate surface area is 166 Å². The summed E-state index contributed by atoms with van der Waals surface area (Å²) < 4.78 is 59.1. The molecule has 1 N–H and O–H groups in total. The van der Waals surface area contributed by atoms with Gasteiger partial charge in [-0.25, -0.2) is 26.7 Å². The molecule has 0 unspecified atom stereocenters. The molecule has 0 radical (unpaired) electrons. The van der Waals surface area contributed by atoms with E-state index in [2.05, 4.69) is 4.74 Å². The second kappa shape index (κ2) is 8.05. The number of methoxy groups -OCH3 is 1. The van der Waals surface area contributed by atoms with Crippen molar-refractivity contribution in [2.24, 2.45) is 5.92 Å². The molecule has 3 rings (SSSR count). The van der Waals surface area contributed by atoms with E-state index in [1.54, 1.807) is 9.62 Å². The number of nitrogens with zero attached hydrogens (tertiary/aromatic N) is 1. The van der Waals surface area contributed by atoms with E-state index in [1.165, 1.54) is 0 Å². The molecule has 1 atom stereocenters. The molecule has 8 nitrogen and oxygen atoms in total. The van der Waals surface area contributed by atoms with Gasteiger partial charge in [0.1, 0.15) is 16.3 Å². The van der Waals surface area contributed by atoms with E-state index in [1.807, 2.05) is 0 Å². The molecule has 0 aromatic heterocycles. The fourth-order valence-electron chi connectivity index (χ4n) is 3.78. The fraction of sp³-hybridized carbons (Fsp3) is 0.500. The summed E-state index contributed by atoms with van der Waals surface area (Å²) in [5.74, 6) is -6.43. The maximum atomic E-state index is 14.5. The summed E-state index contributed by atoms with van der Waals surface area (Å²) in [6.45, 7) is 0.0875. The Balaban J connectivity index is 1.78. The maximum absolute atomic E-state index is 14.5. The van der Waals surface area contributed by atoms with Crippen molar-refractivity contribution in [3.8, 4) is 0 Å². The summed E-state index contributed by atoms with van der Waals surface area (Å²) in [4.78, 5) is 36.7. The zero-order valence-corrected chi connectivity index (χ0v) is 16.4. The van der Waals surface area contributed by atoms with Crippen molar-refractivity contribution in [1.29, 1.82) is 0 Å². The molecule has 158 valence electrons. The van der Waals surface area contributed by atoms with E-state index in [0.29, 0.717) is 12.1 Å². The van der Waals surface area contributed by atoms with Gasteiger partial charge in [0.05, 0.1) is 13.0 Å². The van der Waals surface area contributed by atoms with Crippen LogP contribution in [0.25, 0.3) is 0 Å². The van der Waals surface area contributed by atoms with Crippen LogP contribution in [0.2, 0.25) is 0 Å². The van der Waals surface area contributed by atoms with E-state index >= 15 is 0 Å². The van der Waals surface area contributed by atoms with Crippen LogP contribution in [0.3, 0.4) is 0 Å². The second-order valence-electron chi connectivity index (χ2n) is 7.08. The van der Waals surface area contributed by atoms with E-state index in [4.69, 9.17) is 0 Å². The minimum Gasteiger partial charge on any atom is -0.465 e. The quantitative estimate of drug-likeness (QED) is 0.706. The summed E-state index contributed by atoms with van der Waals surface area (Å²) in [5, 5.41) is 0. The molecule has 11 heteroatoms. The highest BCUT2D eigenvalue weighted by molar-refractivity contribution is 7.90. The molecule has 1 aliphatic heterocycles. The highest BCUT2D eigenvalue weighted by atomic mass is 32.2. The third kappa shape index (κ3) is 4.09. The number of benzene rings is 1. The first kappa shape index (κ1) is 21.2. The third-order valence-corrected chi connectivity index (χ3v) is 6.63. The number of amides is 2. The van der Waals surface area contributed by atoms with Gasteiger partial charge in [-0.15, -0.1) is 0 Å². The first-order valence-electron chi connectivity index (χ1n) is 9.08. The van der Waals surface area contributed by atoms with E-state index in [-0.39, 0.29) is 24.9 Å². The largest absolute Gasteiger partial charge is 0.465 e. The van der Waals surface area contributed by atoms with Gasteiger partial charge >= 0.3 is 5.97 Å². The standard InChI is InChI=1S/C18H20F2N2O6S/c1-28-18(25)15-12(19)6-7-13(16(15)20)29(26,27)21-17(24)10-8-14(23)22(9-10)11-4-2-3-5-11/h6-7,10-11H,2-5,8-9H2,1H3,(H,21,24)/t10-/m1/s1. The molecule has 0 bridgehead atoms. The molecule has 1 aromatic carbocycles. The molecule has 2 aliphatic rings. The smallest absolute Gasteiger partial charge is 0.343 e. The van der Waals surface area contributed by atoms with Gasteiger partial charge in [0, 0.05) is 19.0 Å². The van der Waals surface area contributed by atoms with Gasteiger partial charge in [0.15, 0.2) is 5.82 Å². The lowest BCUT2D eigenvalue weighted by molar-refractivity contribution is -0.130. The van der Waals surface area contributed by atoms with Gasteiger partial charge in [-0.3, -0.25) is 9.59 Å². The number of carbonyl (C=O) groups excluding carboxylic acids is 3. The summed E-state index contributed by atoms with van der Waals surface area (Å²) >= 11 is 0. The molecule has 1 aromatic rings. The average Bonchev–Trinajstić information content (AvgIpc) is 3.30. The number of carbonyl (C=O) groups is 3. The molecule has 1 saturated heterocycles. The molecule has 0 spiro atoms. The number of rotatable bonds is 5. The molecule has 1 saturated carbocycles. The van der Waals surface area contributed by atoms with Crippen LogP contribution in [0.1, 0.15) is 42.5 Å². The Hall–Kier alpha value is -2.56. The van der Waals surface area contributed by atoms with Crippen LogP contribution in [-0.4, -0.2) is 50.8 Å². The van der Waals surface area contributed by atoms with Gasteiger partial charge in [-0.2, -0.15) is 0 Å². The first-order valence-corrected chi connectivity index (χ1v) is 10.6. The number of halogens is 2. The summed E-state index contributed by atoms with van der Waals surface area (Å²) in [7, 11) is -3.86. The Kier molecular flexibility index (Phi) is 5.87. The van der Waals surface area contributed by atoms with Crippen molar-refractivity contribution in [1.82, 2.24) is 9.62 Å². The first-order chi connectivity index (χ1) is 13.7. The number of ether oxygens (including phenoxy) is 1. The number of likely N-dealkylation sites (tertiary alicyclic amines) is 1. The fourth-order valence-corrected chi connectivity index (χ4v) is 4.90. The molecular weight excluding hydrogens is 410 g/mol.